The summed E-state index contributed by atoms with van der Waals surface area (Å²) in [6.45, 7) is 2.69. The molecule has 1 fully saturated rings. The number of hydrogen-bond donors (Lipinski definition) is 2. The Kier molecular flexibility index (Phi) is 5.11. The molecule has 2 N–H and O–H groups in total. The van der Waals surface area contributed by atoms with Crippen molar-refractivity contribution < 1.29 is 13.2 Å². The third kappa shape index (κ3) is 4.66. The minimum absolute atomic E-state index is 0.107. The van der Waals surface area contributed by atoms with Crippen molar-refractivity contribution in [2.75, 3.05) is 23.4 Å². The van der Waals surface area contributed by atoms with Crippen molar-refractivity contribution >= 4 is 21.7 Å². The Morgan fingerprint density at radius 3 is 2.67 bits per heavy atom. The summed E-state index contributed by atoms with van der Waals surface area (Å²) in [6, 6.07) is -0.153. The Balaban J connectivity index is 1.88. The van der Waals surface area contributed by atoms with E-state index < -0.39 is 9.84 Å². The number of sulfone groups is 1. The van der Waals surface area contributed by atoms with Gasteiger partial charge in [-0.1, -0.05) is 13.3 Å². The quantitative estimate of drug-likeness (QED) is 0.746. The maximum atomic E-state index is 11.8. The Labute approximate surface area is 124 Å². The standard InChI is InChI=1S/C13H20N4O3S/c1-2-3-5-14-12(18)10-7-15-13(16-8-10)17-11-4-6-21(19,20)9-11/h7-8,11H,2-6,9H2,1H3,(H,14,18)(H,15,16,17). The minimum Gasteiger partial charge on any atom is -0.352 e. The zero-order valence-electron chi connectivity index (χ0n) is 12.0. The van der Waals surface area contributed by atoms with E-state index in [0.717, 1.165) is 12.8 Å². The number of unbranched alkanes of at least 4 members (excludes halogenated alkanes) is 1. The number of carbonyl (C=O) groups is 1. The van der Waals surface area contributed by atoms with Gasteiger partial charge < -0.3 is 10.6 Å². The number of anilines is 1. The molecule has 0 spiro atoms. The lowest BCUT2D eigenvalue weighted by Gasteiger charge is -2.10. The van der Waals surface area contributed by atoms with Crippen LogP contribution in [0.3, 0.4) is 0 Å². The molecule has 7 nitrogen and oxygen atoms in total. The van der Waals surface area contributed by atoms with Crippen LogP contribution in [-0.4, -0.2) is 48.4 Å². The molecule has 1 unspecified atom stereocenters. The molecule has 1 aromatic heterocycles. The third-order valence-corrected chi connectivity index (χ3v) is 5.06. The van der Waals surface area contributed by atoms with Crippen LogP contribution in [0, 0.1) is 0 Å². The van der Waals surface area contributed by atoms with Crippen molar-refractivity contribution in [3.63, 3.8) is 0 Å². The normalized spacial score (nSPS) is 20.1. The van der Waals surface area contributed by atoms with E-state index in [0.29, 0.717) is 24.5 Å². The Hall–Kier alpha value is -1.70. The van der Waals surface area contributed by atoms with E-state index in [9.17, 15) is 13.2 Å². The van der Waals surface area contributed by atoms with Crippen molar-refractivity contribution in [3.05, 3.63) is 18.0 Å². The van der Waals surface area contributed by atoms with Crippen LogP contribution >= 0.6 is 0 Å². The van der Waals surface area contributed by atoms with Crippen LogP contribution in [0.1, 0.15) is 36.5 Å². The number of amides is 1. The SMILES string of the molecule is CCCCNC(=O)c1cnc(NC2CCS(=O)(=O)C2)nc1. The first-order valence-corrected chi connectivity index (χ1v) is 8.89. The fourth-order valence-corrected chi connectivity index (χ4v) is 3.77. The second-order valence-electron chi connectivity index (χ2n) is 5.15. The number of rotatable bonds is 6. The highest BCUT2D eigenvalue weighted by atomic mass is 32.2. The molecule has 21 heavy (non-hydrogen) atoms. The maximum absolute atomic E-state index is 11.8. The molecule has 116 valence electrons. The zero-order chi connectivity index (χ0) is 15.3. The van der Waals surface area contributed by atoms with Crippen molar-refractivity contribution in [2.45, 2.75) is 32.2 Å². The van der Waals surface area contributed by atoms with E-state index in [1.54, 1.807) is 0 Å². The second kappa shape index (κ2) is 6.84. The van der Waals surface area contributed by atoms with Crippen LogP contribution in [-0.2, 0) is 9.84 Å². The van der Waals surface area contributed by atoms with E-state index in [4.69, 9.17) is 0 Å². The molecule has 0 radical (unpaired) electrons. The highest BCUT2D eigenvalue weighted by Gasteiger charge is 2.28. The maximum Gasteiger partial charge on any atom is 0.254 e. The van der Waals surface area contributed by atoms with Gasteiger partial charge >= 0.3 is 0 Å². The summed E-state index contributed by atoms with van der Waals surface area (Å²) in [6.07, 6.45) is 5.40. The number of hydrogen-bond acceptors (Lipinski definition) is 6. The van der Waals surface area contributed by atoms with E-state index in [1.165, 1.54) is 12.4 Å². The average molecular weight is 312 g/mol. The topological polar surface area (TPSA) is 101 Å². The summed E-state index contributed by atoms with van der Waals surface area (Å²) < 4.78 is 22.7. The fourth-order valence-electron chi connectivity index (χ4n) is 2.09. The highest BCUT2D eigenvalue weighted by Crippen LogP contribution is 2.14. The van der Waals surface area contributed by atoms with Gasteiger partial charge in [-0.3, -0.25) is 4.79 Å². The summed E-state index contributed by atoms with van der Waals surface area (Å²) in [4.78, 5) is 19.9. The summed E-state index contributed by atoms with van der Waals surface area (Å²) in [5.41, 5.74) is 0.399. The molecule has 0 aromatic carbocycles. The smallest absolute Gasteiger partial charge is 0.254 e. The first-order chi connectivity index (χ1) is 10.00. The third-order valence-electron chi connectivity index (χ3n) is 3.30. The summed E-state index contributed by atoms with van der Waals surface area (Å²) in [5.74, 6) is 0.457. The van der Waals surface area contributed by atoms with Crippen LogP contribution < -0.4 is 10.6 Å². The van der Waals surface area contributed by atoms with Crippen LogP contribution in [0.4, 0.5) is 5.95 Å². The molecular weight excluding hydrogens is 292 g/mol. The number of nitrogens with one attached hydrogen (secondary N) is 2. The van der Waals surface area contributed by atoms with Gasteiger partial charge in [0.25, 0.3) is 5.91 Å². The van der Waals surface area contributed by atoms with Crippen LogP contribution in [0.2, 0.25) is 0 Å². The summed E-state index contributed by atoms with van der Waals surface area (Å²) >= 11 is 0. The largest absolute Gasteiger partial charge is 0.352 e. The van der Waals surface area contributed by atoms with Gasteiger partial charge in [0.15, 0.2) is 9.84 Å². The Bertz CT molecular complexity index is 586. The molecule has 8 heteroatoms. The molecule has 0 aliphatic carbocycles. The van der Waals surface area contributed by atoms with Crippen molar-refractivity contribution in [2.24, 2.45) is 0 Å². The Morgan fingerprint density at radius 1 is 1.38 bits per heavy atom. The molecule has 2 rings (SSSR count). The monoisotopic (exact) mass is 312 g/mol. The second-order valence-corrected chi connectivity index (χ2v) is 7.38. The Morgan fingerprint density at radius 2 is 2.10 bits per heavy atom. The molecule has 1 saturated heterocycles. The fraction of sp³-hybridized carbons (Fsp3) is 0.615. The van der Waals surface area contributed by atoms with Crippen molar-refractivity contribution in [1.29, 1.82) is 0 Å². The van der Waals surface area contributed by atoms with Gasteiger partial charge in [-0.15, -0.1) is 0 Å². The molecule has 1 aliphatic heterocycles. The lowest BCUT2D eigenvalue weighted by molar-refractivity contribution is 0.0952. The van der Waals surface area contributed by atoms with Gasteiger partial charge in [0.1, 0.15) is 0 Å². The van der Waals surface area contributed by atoms with E-state index in [2.05, 4.69) is 27.5 Å². The van der Waals surface area contributed by atoms with Gasteiger partial charge in [-0.05, 0) is 12.8 Å². The van der Waals surface area contributed by atoms with E-state index >= 15 is 0 Å². The molecule has 1 atom stereocenters. The van der Waals surface area contributed by atoms with Gasteiger partial charge in [-0.25, -0.2) is 18.4 Å². The lowest BCUT2D eigenvalue weighted by Crippen LogP contribution is -2.25. The number of aromatic nitrogens is 2. The molecule has 1 amide bonds. The van der Waals surface area contributed by atoms with Gasteiger partial charge in [-0.2, -0.15) is 0 Å². The molecule has 1 aliphatic rings. The minimum atomic E-state index is -2.93. The zero-order valence-corrected chi connectivity index (χ0v) is 12.8. The molecule has 2 heterocycles. The number of nitrogens with zero attached hydrogens (tertiary/aromatic N) is 2. The molecule has 0 saturated carbocycles. The number of carbonyl (C=O) groups excluding carboxylic acids is 1. The van der Waals surface area contributed by atoms with Crippen LogP contribution in [0.15, 0.2) is 12.4 Å². The lowest BCUT2D eigenvalue weighted by atomic mass is 10.3. The van der Waals surface area contributed by atoms with E-state index in [-0.39, 0.29) is 23.5 Å². The first kappa shape index (κ1) is 15.7. The van der Waals surface area contributed by atoms with Crippen molar-refractivity contribution in [1.82, 2.24) is 15.3 Å². The predicted molar refractivity (Wildman–Crippen MR) is 80.0 cm³/mol. The predicted octanol–water partition coefficient (Wildman–Crippen LogP) is 0.606. The molecular formula is C13H20N4O3S. The van der Waals surface area contributed by atoms with Gasteiger partial charge in [0.2, 0.25) is 5.95 Å². The van der Waals surface area contributed by atoms with Gasteiger partial charge in [0, 0.05) is 25.0 Å². The van der Waals surface area contributed by atoms with Gasteiger partial charge in [0.05, 0.1) is 17.1 Å². The van der Waals surface area contributed by atoms with Crippen LogP contribution in [0.25, 0.3) is 0 Å². The molecule has 0 bridgehead atoms. The van der Waals surface area contributed by atoms with Crippen LogP contribution in [0.5, 0.6) is 0 Å². The summed E-state index contributed by atoms with van der Waals surface area (Å²) in [7, 11) is -2.93. The first-order valence-electron chi connectivity index (χ1n) is 7.07. The summed E-state index contributed by atoms with van der Waals surface area (Å²) in [5, 5.41) is 5.77. The molecule has 1 aromatic rings. The van der Waals surface area contributed by atoms with Crippen molar-refractivity contribution in [3.8, 4) is 0 Å². The highest BCUT2D eigenvalue weighted by molar-refractivity contribution is 7.91. The average Bonchev–Trinajstić information content (AvgIpc) is 2.79. The van der Waals surface area contributed by atoms with E-state index in [1.807, 2.05) is 0 Å².